The van der Waals surface area contributed by atoms with Gasteiger partial charge in [0.2, 0.25) is 0 Å². The second-order valence-corrected chi connectivity index (χ2v) is 8.51. The summed E-state index contributed by atoms with van der Waals surface area (Å²) < 4.78 is 25.1. The maximum Gasteiger partial charge on any atom is 0.191 e. The number of hydrogen-bond donors (Lipinski definition) is 2. The van der Waals surface area contributed by atoms with Gasteiger partial charge < -0.3 is 20.1 Å². The van der Waals surface area contributed by atoms with Gasteiger partial charge in [0.15, 0.2) is 5.96 Å². The van der Waals surface area contributed by atoms with E-state index in [2.05, 4.69) is 39.9 Å². The number of hydrogen-bond acceptors (Lipinski definition) is 3. The monoisotopic (exact) mass is 425 g/mol. The first-order valence-corrected chi connectivity index (χ1v) is 11.1. The highest BCUT2D eigenvalue weighted by molar-refractivity contribution is 5.79. The number of nitrogens with zero attached hydrogens (tertiary/aromatic N) is 1. The van der Waals surface area contributed by atoms with Crippen LogP contribution in [-0.2, 0) is 28.0 Å². The Morgan fingerprint density at radius 3 is 2.61 bits per heavy atom. The molecule has 0 amide bonds. The van der Waals surface area contributed by atoms with E-state index < -0.39 is 0 Å². The van der Waals surface area contributed by atoms with Gasteiger partial charge in [-0.2, -0.15) is 0 Å². The summed E-state index contributed by atoms with van der Waals surface area (Å²) in [7, 11) is 1.77. The Hall–Kier alpha value is -2.44. The van der Waals surface area contributed by atoms with Gasteiger partial charge >= 0.3 is 0 Å². The van der Waals surface area contributed by atoms with Crippen LogP contribution in [0.5, 0.6) is 0 Å². The molecule has 2 aromatic rings. The average Bonchev–Trinajstić information content (AvgIpc) is 3.60. The topological polar surface area (TPSA) is 54.9 Å². The minimum atomic E-state index is -0.174. The fourth-order valence-corrected chi connectivity index (χ4v) is 4.08. The number of rotatable bonds is 8. The Labute approximate surface area is 184 Å². The number of guanidine groups is 1. The maximum atomic E-state index is 13.6. The minimum Gasteiger partial charge on any atom is -0.381 e. The van der Waals surface area contributed by atoms with E-state index in [-0.39, 0.29) is 11.2 Å². The van der Waals surface area contributed by atoms with Crippen LogP contribution in [0, 0.1) is 5.82 Å². The molecule has 1 saturated heterocycles. The van der Waals surface area contributed by atoms with Gasteiger partial charge in [-0.05, 0) is 54.5 Å². The molecule has 0 spiro atoms. The Morgan fingerprint density at radius 2 is 1.87 bits per heavy atom. The van der Waals surface area contributed by atoms with Crippen molar-refractivity contribution >= 4 is 5.96 Å². The summed E-state index contributed by atoms with van der Waals surface area (Å²) in [6.45, 7) is 3.64. The first kappa shape index (κ1) is 21.8. The largest absolute Gasteiger partial charge is 0.381 e. The van der Waals surface area contributed by atoms with Crippen molar-refractivity contribution < 1.29 is 13.9 Å². The van der Waals surface area contributed by atoms with E-state index in [1.807, 2.05) is 6.07 Å². The summed E-state index contributed by atoms with van der Waals surface area (Å²) in [4.78, 5) is 4.35. The molecule has 5 nitrogen and oxygen atoms in total. The van der Waals surface area contributed by atoms with E-state index in [9.17, 15) is 4.39 Å². The molecule has 0 bridgehead atoms. The normalized spacial score (nSPS) is 18.6. The lowest BCUT2D eigenvalue weighted by Gasteiger charge is -2.22. The lowest BCUT2D eigenvalue weighted by Crippen LogP contribution is -2.40. The van der Waals surface area contributed by atoms with Crippen molar-refractivity contribution in [3.8, 4) is 0 Å². The van der Waals surface area contributed by atoms with Gasteiger partial charge in [0.05, 0.1) is 12.7 Å². The Morgan fingerprint density at radius 1 is 1.10 bits per heavy atom. The van der Waals surface area contributed by atoms with Crippen LogP contribution >= 0.6 is 0 Å². The molecule has 6 heteroatoms. The highest BCUT2D eigenvalue weighted by Crippen LogP contribution is 2.47. The predicted octanol–water partition coefficient (Wildman–Crippen LogP) is 3.92. The molecule has 2 N–H and O–H groups in total. The standard InChI is InChI=1S/C25H32FN3O2/c1-27-24(29-18-25(10-11-25)21-6-3-7-22(26)15-21)28-16-19-4-2-5-20(14-19)17-31-23-8-12-30-13-9-23/h2-7,14-15,23H,8-13,16-18H2,1H3,(H2,27,28,29). The molecule has 2 aliphatic rings. The van der Waals surface area contributed by atoms with Crippen LogP contribution < -0.4 is 10.6 Å². The summed E-state index contributed by atoms with van der Waals surface area (Å²) in [5.41, 5.74) is 3.44. The summed E-state index contributed by atoms with van der Waals surface area (Å²) in [5, 5.41) is 6.81. The zero-order valence-corrected chi connectivity index (χ0v) is 18.2. The molecule has 1 saturated carbocycles. The Kier molecular flexibility index (Phi) is 7.20. The lowest BCUT2D eigenvalue weighted by molar-refractivity contribution is -0.0390. The number of aliphatic imine (C=N–C) groups is 1. The van der Waals surface area contributed by atoms with Crippen molar-refractivity contribution in [1.82, 2.24) is 10.6 Å². The Bertz CT molecular complexity index is 892. The molecule has 1 heterocycles. The first-order valence-electron chi connectivity index (χ1n) is 11.1. The zero-order chi connectivity index (χ0) is 21.5. The fraction of sp³-hybridized carbons (Fsp3) is 0.480. The summed E-state index contributed by atoms with van der Waals surface area (Å²) >= 11 is 0. The van der Waals surface area contributed by atoms with Gasteiger partial charge in [0.1, 0.15) is 5.82 Å². The van der Waals surface area contributed by atoms with E-state index in [1.165, 1.54) is 17.2 Å². The molecular formula is C25H32FN3O2. The van der Waals surface area contributed by atoms with Gasteiger partial charge in [0, 0.05) is 38.8 Å². The lowest BCUT2D eigenvalue weighted by atomic mass is 9.96. The molecule has 0 radical (unpaired) electrons. The van der Waals surface area contributed by atoms with Gasteiger partial charge in [-0.25, -0.2) is 4.39 Å². The Balaban J connectivity index is 1.26. The van der Waals surface area contributed by atoms with Crippen LogP contribution in [0.2, 0.25) is 0 Å². The van der Waals surface area contributed by atoms with Crippen LogP contribution in [0.4, 0.5) is 4.39 Å². The third kappa shape index (κ3) is 6.05. The van der Waals surface area contributed by atoms with Gasteiger partial charge in [-0.3, -0.25) is 4.99 Å². The van der Waals surface area contributed by atoms with E-state index in [0.29, 0.717) is 19.3 Å². The smallest absolute Gasteiger partial charge is 0.191 e. The van der Waals surface area contributed by atoms with Crippen molar-refractivity contribution in [3.63, 3.8) is 0 Å². The highest BCUT2D eigenvalue weighted by Gasteiger charge is 2.44. The summed E-state index contributed by atoms with van der Waals surface area (Å²) in [6.07, 6.45) is 4.37. The number of benzene rings is 2. The second-order valence-electron chi connectivity index (χ2n) is 8.51. The molecule has 0 atom stereocenters. The van der Waals surface area contributed by atoms with E-state index in [1.54, 1.807) is 19.2 Å². The van der Waals surface area contributed by atoms with E-state index in [4.69, 9.17) is 9.47 Å². The van der Waals surface area contributed by atoms with Crippen molar-refractivity contribution in [1.29, 1.82) is 0 Å². The highest BCUT2D eigenvalue weighted by atomic mass is 19.1. The summed E-state index contributed by atoms with van der Waals surface area (Å²) in [5.74, 6) is 0.582. The van der Waals surface area contributed by atoms with Gasteiger partial charge in [-0.15, -0.1) is 0 Å². The molecule has 31 heavy (non-hydrogen) atoms. The number of ether oxygens (including phenoxy) is 2. The molecule has 0 aromatic heterocycles. The van der Waals surface area contributed by atoms with Crippen molar-refractivity contribution in [2.75, 3.05) is 26.8 Å². The minimum absolute atomic E-state index is 0.0150. The van der Waals surface area contributed by atoms with Crippen LogP contribution in [0.15, 0.2) is 53.5 Å². The van der Waals surface area contributed by atoms with Crippen molar-refractivity contribution in [3.05, 3.63) is 71.0 Å². The second kappa shape index (κ2) is 10.2. The van der Waals surface area contributed by atoms with Gasteiger partial charge in [-0.1, -0.05) is 36.4 Å². The van der Waals surface area contributed by atoms with Crippen LogP contribution in [0.1, 0.15) is 42.4 Å². The van der Waals surface area contributed by atoms with Crippen molar-refractivity contribution in [2.24, 2.45) is 4.99 Å². The van der Waals surface area contributed by atoms with E-state index >= 15 is 0 Å². The van der Waals surface area contributed by atoms with Crippen LogP contribution in [-0.4, -0.2) is 38.9 Å². The molecule has 0 unspecified atom stereocenters. The van der Waals surface area contributed by atoms with Gasteiger partial charge in [0.25, 0.3) is 0 Å². The molecule has 2 fully saturated rings. The fourth-order valence-electron chi connectivity index (χ4n) is 4.08. The molecule has 1 aliphatic heterocycles. The molecule has 1 aliphatic carbocycles. The van der Waals surface area contributed by atoms with Crippen LogP contribution in [0.3, 0.4) is 0 Å². The molecule has 2 aromatic carbocycles. The maximum absolute atomic E-state index is 13.6. The predicted molar refractivity (Wildman–Crippen MR) is 121 cm³/mol. The average molecular weight is 426 g/mol. The SMILES string of the molecule is CN=C(NCc1cccc(COC2CCOCC2)c1)NCC1(c2cccc(F)c2)CC1. The number of nitrogens with one attached hydrogen (secondary N) is 2. The first-order chi connectivity index (χ1) is 15.2. The van der Waals surface area contributed by atoms with E-state index in [0.717, 1.165) is 57.0 Å². The quantitative estimate of drug-likeness (QED) is 0.497. The number of halogens is 1. The third-order valence-corrected chi connectivity index (χ3v) is 6.21. The summed E-state index contributed by atoms with van der Waals surface area (Å²) in [6, 6.07) is 15.4. The third-order valence-electron chi connectivity index (χ3n) is 6.21. The zero-order valence-electron chi connectivity index (χ0n) is 18.2. The molecule has 166 valence electrons. The molecular weight excluding hydrogens is 393 g/mol. The molecule has 4 rings (SSSR count). The van der Waals surface area contributed by atoms with Crippen LogP contribution in [0.25, 0.3) is 0 Å². The van der Waals surface area contributed by atoms with Crippen molar-refractivity contribution in [2.45, 2.75) is 50.4 Å².